The van der Waals surface area contributed by atoms with Crippen LogP contribution in [0.15, 0.2) is 229 Å². The van der Waals surface area contributed by atoms with Gasteiger partial charge in [-0.1, -0.05) is 185 Å². The van der Waals surface area contributed by atoms with E-state index in [-0.39, 0.29) is 10.8 Å². The van der Waals surface area contributed by atoms with Crippen LogP contribution in [0.2, 0.25) is 0 Å². The smallest absolute Gasteiger partial charge is 0.136 e. The van der Waals surface area contributed by atoms with Crippen LogP contribution in [0.4, 0.5) is 17.1 Å². The SMILES string of the molecule is CC1(C)c2cc(N(c3ccc(-c4ccccc4)cc3)c3ccc(-c4ccc5c(c4)oc4ccccc45)cc3)ccc2-c2cc3c(cc21)-c1c(-c2ccccc2)ccc(-c2ccccc2)c1C3(C)C. The Morgan fingerprint density at radius 2 is 0.779 bits per heavy atom. The molecular weight excluding hydrogens is 823 g/mol. The molecule has 0 N–H and O–H groups in total. The van der Waals surface area contributed by atoms with Gasteiger partial charge in [0.15, 0.2) is 0 Å². The van der Waals surface area contributed by atoms with Gasteiger partial charge >= 0.3 is 0 Å². The zero-order valence-corrected chi connectivity index (χ0v) is 38.7. The fourth-order valence-corrected chi connectivity index (χ4v) is 11.6. The zero-order valence-electron chi connectivity index (χ0n) is 38.7. The molecule has 1 aromatic heterocycles. The van der Waals surface area contributed by atoms with Gasteiger partial charge in [0.1, 0.15) is 11.2 Å². The highest BCUT2D eigenvalue weighted by Crippen LogP contribution is 2.60. The van der Waals surface area contributed by atoms with Crippen molar-refractivity contribution in [3.8, 4) is 66.8 Å². The summed E-state index contributed by atoms with van der Waals surface area (Å²) in [6, 6.07) is 82.3. The maximum Gasteiger partial charge on any atom is 0.136 e. The Hall–Kier alpha value is -8.20. The molecule has 0 amide bonds. The Morgan fingerprint density at radius 1 is 0.309 bits per heavy atom. The number of furan rings is 1. The van der Waals surface area contributed by atoms with Gasteiger partial charge in [-0.2, -0.15) is 0 Å². The molecule has 0 saturated carbocycles. The Balaban J connectivity index is 0.928. The molecule has 68 heavy (non-hydrogen) atoms. The average Bonchev–Trinajstić information content (AvgIpc) is 3.96. The quantitative estimate of drug-likeness (QED) is 0.159. The van der Waals surface area contributed by atoms with Crippen molar-refractivity contribution < 1.29 is 4.42 Å². The fraction of sp³-hybridized carbons (Fsp3) is 0.0909. The highest BCUT2D eigenvalue weighted by molar-refractivity contribution is 6.06. The summed E-state index contributed by atoms with van der Waals surface area (Å²) in [7, 11) is 0. The van der Waals surface area contributed by atoms with Crippen LogP contribution < -0.4 is 4.90 Å². The largest absolute Gasteiger partial charge is 0.456 e. The van der Waals surface area contributed by atoms with Crippen molar-refractivity contribution in [1.29, 1.82) is 0 Å². The Morgan fingerprint density at radius 3 is 1.46 bits per heavy atom. The normalized spacial score (nSPS) is 13.8. The number of fused-ring (bicyclic) bond motifs is 9. The van der Waals surface area contributed by atoms with Crippen molar-refractivity contribution in [1.82, 2.24) is 0 Å². The first kappa shape index (κ1) is 40.1. The number of rotatable bonds is 7. The summed E-state index contributed by atoms with van der Waals surface area (Å²) in [5.41, 5.74) is 25.3. The van der Waals surface area contributed by atoms with E-state index in [9.17, 15) is 0 Å². The van der Waals surface area contributed by atoms with E-state index >= 15 is 0 Å². The summed E-state index contributed by atoms with van der Waals surface area (Å²) in [6.45, 7) is 9.69. The molecule has 0 aliphatic heterocycles. The van der Waals surface area contributed by atoms with Gasteiger partial charge < -0.3 is 9.32 Å². The second-order valence-electron chi connectivity index (χ2n) is 19.7. The van der Waals surface area contributed by atoms with Gasteiger partial charge in [-0.25, -0.2) is 0 Å². The van der Waals surface area contributed by atoms with E-state index in [1.54, 1.807) is 0 Å². The summed E-state index contributed by atoms with van der Waals surface area (Å²) in [6.07, 6.45) is 0. The Bertz CT molecular complexity index is 3750. The second kappa shape index (κ2) is 15.2. The molecule has 2 nitrogen and oxygen atoms in total. The lowest BCUT2D eigenvalue weighted by molar-refractivity contribution is 0.653. The lowest BCUT2D eigenvalue weighted by atomic mass is 9.77. The molecule has 13 rings (SSSR count). The third-order valence-corrected chi connectivity index (χ3v) is 15.1. The minimum absolute atomic E-state index is 0.227. The third-order valence-electron chi connectivity index (χ3n) is 15.1. The zero-order chi connectivity index (χ0) is 45.7. The number of anilines is 3. The molecule has 2 aliphatic rings. The molecule has 0 saturated heterocycles. The molecule has 324 valence electrons. The molecule has 10 aromatic carbocycles. The molecule has 0 bridgehead atoms. The topological polar surface area (TPSA) is 16.4 Å². The average molecular weight is 872 g/mol. The molecule has 0 unspecified atom stereocenters. The fourth-order valence-electron chi connectivity index (χ4n) is 11.6. The maximum absolute atomic E-state index is 6.30. The van der Waals surface area contributed by atoms with Crippen LogP contribution in [0.1, 0.15) is 49.9 Å². The van der Waals surface area contributed by atoms with Crippen LogP contribution in [-0.2, 0) is 10.8 Å². The first-order valence-electron chi connectivity index (χ1n) is 23.8. The van der Waals surface area contributed by atoms with Gasteiger partial charge in [0.25, 0.3) is 0 Å². The van der Waals surface area contributed by atoms with Crippen LogP contribution >= 0.6 is 0 Å². The van der Waals surface area contributed by atoms with E-state index in [4.69, 9.17) is 4.42 Å². The molecule has 2 heteroatoms. The van der Waals surface area contributed by atoms with Crippen molar-refractivity contribution in [3.63, 3.8) is 0 Å². The van der Waals surface area contributed by atoms with Gasteiger partial charge in [-0.05, 0) is 156 Å². The highest BCUT2D eigenvalue weighted by Gasteiger charge is 2.44. The molecule has 11 aromatic rings. The Labute approximate surface area is 398 Å². The minimum atomic E-state index is -0.255. The van der Waals surface area contributed by atoms with E-state index in [1.165, 1.54) is 77.9 Å². The van der Waals surface area contributed by atoms with Gasteiger partial charge in [0.05, 0.1) is 0 Å². The second-order valence-corrected chi connectivity index (χ2v) is 19.7. The molecule has 2 aliphatic carbocycles. The van der Waals surface area contributed by atoms with Crippen molar-refractivity contribution in [2.24, 2.45) is 0 Å². The molecular formula is C66H49NO. The van der Waals surface area contributed by atoms with Crippen LogP contribution in [0.3, 0.4) is 0 Å². The maximum atomic E-state index is 6.30. The number of hydrogen-bond donors (Lipinski definition) is 0. The van der Waals surface area contributed by atoms with Crippen LogP contribution in [0.25, 0.3) is 88.7 Å². The lowest BCUT2D eigenvalue weighted by Crippen LogP contribution is -2.18. The molecule has 0 radical (unpaired) electrons. The van der Waals surface area contributed by atoms with Crippen LogP contribution in [0.5, 0.6) is 0 Å². The van der Waals surface area contributed by atoms with Crippen molar-refractivity contribution in [3.05, 3.63) is 247 Å². The number of benzene rings is 10. The highest BCUT2D eigenvalue weighted by atomic mass is 16.3. The minimum Gasteiger partial charge on any atom is -0.456 e. The van der Waals surface area contributed by atoms with Gasteiger partial charge in [-0.15, -0.1) is 0 Å². The first-order valence-corrected chi connectivity index (χ1v) is 23.8. The summed E-state index contributed by atoms with van der Waals surface area (Å²) >= 11 is 0. The standard InChI is InChI=1S/C66H49NO/c1-65(2)58-39-50(33-35-53(58)56-40-60-57(41-59(56)65)63-51(45-18-10-6-11-19-45)36-37-52(64(63)66(60,3)4)46-20-12-7-13-21-46)67(48-29-24-43(25-30-48)42-16-8-5-9-17-42)49-31-26-44(27-32-49)47-28-34-55-54-22-14-15-23-61(54)68-62(55)38-47/h5-41H,1-4H3. The summed E-state index contributed by atoms with van der Waals surface area (Å²) in [4.78, 5) is 2.41. The molecule has 0 fully saturated rings. The van der Waals surface area contributed by atoms with E-state index < -0.39 is 0 Å². The van der Waals surface area contributed by atoms with Crippen molar-refractivity contribution >= 4 is 39.0 Å². The van der Waals surface area contributed by atoms with E-state index in [2.05, 4.69) is 245 Å². The first-order chi connectivity index (χ1) is 33.2. The van der Waals surface area contributed by atoms with Crippen LogP contribution in [-0.4, -0.2) is 0 Å². The molecule has 0 atom stereocenters. The predicted molar refractivity (Wildman–Crippen MR) is 285 cm³/mol. The van der Waals surface area contributed by atoms with Crippen molar-refractivity contribution in [2.75, 3.05) is 4.90 Å². The summed E-state index contributed by atoms with van der Waals surface area (Å²) in [5.74, 6) is 0. The molecule has 0 spiro atoms. The Kier molecular flexibility index (Phi) is 8.95. The van der Waals surface area contributed by atoms with Crippen LogP contribution in [0, 0.1) is 0 Å². The van der Waals surface area contributed by atoms with Gasteiger partial charge in [0.2, 0.25) is 0 Å². The number of hydrogen-bond acceptors (Lipinski definition) is 2. The predicted octanol–water partition coefficient (Wildman–Crippen LogP) is 18.3. The van der Waals surface area contributed by atoms with Gasteiger partial charge in [0, 0.05) is 38.7 Å². The van der Waals surface area contributed by atoms with E-state index in [0.717, 1.165) is 50.1 Å². The third kappa shape index (κ3) is 6.17. The van der Waals surface area contributed by atoms with Crippen molar-refractivity contribution in [2.45, 2.75) is 38.5 Å². The number of nitrogens with zero attached hydrogens (tertiary/aromatic N) is 1. The summed E-state index contributed by atoms with van der Waals surface area (Å²) in [5, 5.41) is 2.28. The van der Waals surface area contributed by atoms with E-state index in [0.29, 0.717) is 0 Å². The molecule has 1 heterocycles. The lowest BCUT2D eigenvalue weighted by Gasteiger charge is -2.28. The van der Waals surface area contributed by atoms with E-state index in [1.807, 2.05) is 12.1 Å². The monoisotopic (exact) mass is 871 g/mol. The summed E-state index contributed by atoms with van der Waals surface area (Å²) < 4.78 is 6.30. The number of para-hydroxylation sites is 1. The van der Waals surface area contributed by atoms with Gasteiger partial charge in [-0.3, -0.25) is 0 Å².